The van der Waals surface area contributed by atoms with Crippen molar-refractivity contribution in [2.75, 3.05) is 19.7 Å². The van der Waals surface area contributed by atoms with Gasteiger partial charge < -0.3 is 14.4 Å². The molecule has 2 aromatic rings. The second kappa shape index (κ2) is 7.13. The SMILES string of the molecule is O=C(c1ccccc1F)N1CC[C@]2(C[C@H](OCc3ccccn3)CO2)C1. The molecular formula is C20H21FN2O3. The smallest absolute Gasteiger partial charge is 0.256 e. The van der Waals surface area contributed by atoms with E-state index < -0.39 is 5.82 Å². The molecular weight excluding hydrogens is 335 g/mol. The van der Waals surface area contributed by atoms with E-state index in [0.29, 0.717) is 26.3 Å². The van der Waals surface area contributed by atoms with Crippen LogP contribution in [0.3, 0.4) is 0 Å². The van der Waals surface area contributed by atoms with Gasteiger partial charge in [0.15, 0.2) is 0 Å². The number of halogens is 1. The van der Waals surface area contributed by atoms with Crippen molar-refractivity contribution in [3.63, 3.8) is 0 Å². The number of rotatable bonds is 4. The van der Waals surface area contributed by atoms with Crippen molar-refractivity contribution in [2.24, 2.45) is 0 Å². The number of hydrogen-bond acceptors (Lipinski definition) is 4. The number of nitrogens with zero attached hydrogens (tertiary/aromatic N) is 2. The monoisotopic (exact) mass is 356 g/mol. The third-order valence-electron chi connectivity index (χ3n) is 5.08. The van der Waals surface area contributed by atoms with Gasteiger partial charge in [-0.3, -0.25) is 9.78 Å². The van der Waals surface area contributed by atoms with E-state index in [4.69, 9.17) is 9.47 Å². The molecule has 1 spiro atoms. The quantitative estimate of drug-likeness (QED) is 0.845. The van der Waals surface area contributed by atoms with Crippen LogP contribution in [0.5, 0.6) is 0 Å². The lowest BCUT2D eigenvalue weighted by atomic mass is 9.98. The first-order valence-corrected chi connectivity index (χ1v) is 8.84. The minimum atomic E-state index is -0.484. The van der Waals surface area contributed by atoms with Crippen LogP contribution >= 0.6 is 0 Å². The lowest BCUT2D eigenvalue weighted by molar-refractivity contribution is -0.000128. The molecule has 0 radical (unpaired) electrons. The van der Waals surface area contributed by atoms with E-state index in [0.717, 1.165) is 18.5 Å². The Balaban J connectivity index is 1.35. The average molecular weight is 356 g/mol. The van der Waals surface area contributed by atoms with Gasteiger partial charge in [0, 0.05) is 19.2 Å². The van der Waals surface area contributed by atoms with Crippen molar-refractivity contribution >= 4 is 5.91 Å². The number of hydrogen-bond donors (Lipinski definition) is 0. The Labute approximate surface area is 151 Å². The summed E-state index contributed by atoms with van der Waals surface area (Å²) in [5.41, 5.74) is 0.622. The zero-order valence-corrected chi connectivity index (χ0v) is 14.4. The molecule has 136 valence electrons. The molecule has 0 bridgehead atoms. The molecule has 6 heteroatoms. The van der Waals surface area contributed by atoms with Crippen molar-refractivity contribution in [1.29, 1.82) is 0 Å². The minimum Gasteiger partial charge on any atom is -0.370 e. The molecule has 0 aliphatic carbocycles. The van der Waals surface area contributed by atoms with E-state index in [1.807, 2.05) is 18.2 Å². The summed E-state index contributed by atoms with van der Waals surface area (Å²) < 4.78 is 25.8. The molecule has 1 aromatic carbocycles. The van der Waals surface area contributed by atoms with Gasteiger partial charge in [-0.25, -0.2) is 4.39 Å². The third kappa shape index (κ3) is 3.48. The van der Waals surface area contributed by atoms with Crippen LogP contribution in [0.15, 0.2) is 48.7 Å². The molecule has 2 aliphatic heterocycles. The van der Waals surface area contributed by atoms with Gasteiger partial charge in [-0.1, -0.05) is 18.2 Å². The van der Waals surface area contributed by atoms with Gasteiger partial charge in [-0.2, -0.15) is 0 Å². The van der Waals surface area contributed by atoms with Crippen LogP contribution in [0.4, 0.5) is 4.39 Å². The Hall–Kier alpha value is -2.31. The number of benzene rings is 1. The number of carbonyl (C=O) groups excluding carboxylic acids is 1. The number of likely N-dealkylation sites (tertiary alicyclic amines) is 1. The lowest BCUT2D eigenvalue weighted by Gasteiger charge is -2.23. The summed E-state index contributed by atoms with van der Waals surface area (Å²) in [6.07, 6.45) is 3.21. The number of pyridine rings is 1. The van der Waals surface area contributed by atoms with Crippen molar-refractivity contribution in [2.45, 2.75) is 31.2 Å². The molecule has 0 unspecified atom stereocenters. The highest BCUT2D eigenvalue weighted by molar-refractivity contribution is 5.94. The maximum Gasteiger partial charge on any atom is 0.256 e. The van der Waals surface area contributed by atoms with E-state index >= 15 is 0 Å². The Bertz CT molecular complexity index is 786. The second-order valence-electron chi connectivity index (χ2n) is 6.91. The van der Waals surface area contributed by atoms with Crippen LogP contribution in [-0.2, 0) is 16.1 Å². The van der Waals surface area contributed by atoms with E-state index in [-0.39, 0.29) is 23.2 Å². The first-order chi connectivity index (χ1) is 12.7. The van der Waals surface area contributed by atoms with E-state index in [1.165, 1.54) is 12.1 Å². The van der Waals surface area contributed by atoms with E-state index in [1.54, 1.807) is 23.2 Å². The predicted octanol–water partition coefficient (Wildman–Crippen LogP) is 2.81. The summed E-state index contributed by atoms with van der Waals surface area (Å²) in [6, 6.07) is 11.8. The van der Waals surface area contributed by atoms with Gasteiger partial charge >= 0.3 is 0 Å². The van der Waals surface area contributed by atoms with E-state index in [9.17, 15) is 9.18 Å². The largest absolute Gasteiger partial charge is 0.370 e. The van der Waals surface area contributed by atoms with Gasteiger partial charge in [0.25, 0.3) is 5.91 Å². The molecule has 3 heterocycles. The summed E-state index contributed by atoms with van der Waals surface area (Å²) >= 11 is 0. The Kier molecular flexibility index (Phi) is 4.70. The predicted molar refractivity (Wildman–Crippen MR) is 93.0 cm³/mol. The summed E-state index contributed by atoms with van der Waals surface area (Å²) in [6.45, 7) is 2.00. The highest BCUT2D eigenvalue weighted by atomic mass is 19.1. The van der Waals surface area contributed by atoms with Crippen molar-refractivity contribution < 1.29 is 18.7 Å². The van der Waals surface area contributed by atoms with Crippen molar-refractivity contribution in [3.05, 3.63) is 65.7 Å². The summed E-state index contributed by atoms with van der Waals surface area (Å²) in [4.78, 5) is 18.5. The van der Waals surface area contributed by atoms with Gasteiger partial charge in [0.1, 0.15) is 5.82 Å². The molecule has 26 heavy (non-hydrogen) atoms. The zero-order valence-electron chi connectivity index (χ0n) is 14.4. The van der Waals surface area contributed by atoms with Gasteiger partial charge in [-0.05, 0) is 30.7 Å². The van der Waals surface area contributed by atoms with Crippen LogP contribution in [-0.4, -0.2) is 47.2 Å². The van der Waals surface area contributed by atoms with Crippen LogP contribution in [0.25, 0.3) is 0 Å². The Morgan fingerprint density at radius 3 is 2.96 bits per heavy atom. The zero-order chi connectivity index (χ0) is 18.0. The van der Waals surface area contributed by atoms with Gasteiger partial charge in [0.05, 0.1) is 42.7 Å². The topological polar surface area (TPSA) is 51.7 Å². The molecule has 2 aliphatic rings. The first-order valence-electron chi connectivity index (χ1n) is 8.84. The van der Waals surface area contributed by atoms with E-state index in [2.05, 4.69) is 4.98 Å². The summed E-state index contributed by atoms with van der Waals surface area (Å²) in [5, 5.41) is 0. The van der Waals surface area contributed by atoms with Gasteiger partial charge in [0.2, 0.25) is 0 Å². The summed E-state index contributed by atoms with van der Waals surface area (Å²) in [5.74, 6) is -0.760. The minimum absolute atomic E-state index is 0.0134. The molecule has 1 amide bonds. The Morgan fingerprint density at radius 1 is 1.31 bits per heavy atom. The van der Waals surface area contributed by atoms with Crippen LogP contribution in [0.2, 0.25) is 0 Å². The lowest BCUT2D eigenvalue weighted by Crippen LogP contribution is -2.36. The fourth-order valence-corrected chi connectivity index (χ4v) is 3.70. The highest BCUT2D eigenvalue weighted by Gasteiger charge is 2.47. The standard InChI is InChI=1S/C20H21FN2O3/c21-18-7-2-1-6-17(18)19(24)23-10-8-20(14-23)11-16(13-26-20)25-12-15-5-3-4-9-22-15/h1-7,9,16H,8,10-14H2/t16-,20-/m0/s1. The molecule has 4 rings (SSSR count). The highest BCUT2D eigenvalue weighted by Crippen LogP contribution is 2.37. The van der Waals surface area contributed by atoms with Crippen LogP contribution in [0, 0.1) is 5.82 Å². The molecule has 1 aromatic heterocycles. The molecule has 0 saturated carbocycles. The molecule has 0 N–H and O–H groups in total. The number of aromatic nitrogens is 1. The average Bonchev–Trinajstić information content (AvgIpc) is 3.28. The van der Waals surface area contributed by atoms with Crippen molar-refractivity contribution in [1.82, 2.24) is 9.88 Å². The second-order valence-corrected chi connectivity index (χ2v) is 6.91. The maximum atomic E-state index is 13.9. The fraction of sp³-hybridized carbons (Fsp3) is 0.400. The third-order valence-corrected chi connectivity index (χ3v) is 5.08. The normalized spacial score (nSPS) is 25.1. The van der Waals surface area contributed by atoms with Crippen LogP contribution in [0.1, 0.15) is 28.9 Å². The number of ether oxygens (including phenoxy) is 2. The molecule has 2 fully saturated rings. The Morgan fingerprint density at radius 2 is 2.15 bits per heavy atom. The molecule has 2 saturated heterocycles. The fourth-order valence-electron chi connectivity index (χ4n) is 3.70. The molecule has 5 nitrogen and oxygen atoms in total. The van der Waals surface area contributed by atoms with Gasteiger partial charge in [-0.15, -0.1) is 0 Å². The van der Waals surface area contributed by atoms with Crippen LogP contribution < -0.4 is 0 Å². The maximum absolute atomic E-state index is 13.9. The van der Waals surface area contributed by atoms with Crippen molar-refractivity contribution in [3.8, 4) is 0 Å². The summed E-state index contributed by atoms with van der Waals surface area (Å²) in [7, 11) is 0. The molecule has 2 atom stereocenters. The number of carbonyl (C=O) groups is 1. The first kappa shape index (κ1) is 17.1. The number of amides is 1.